The Hall–Kier alpha value is -4.59. The van der Waals surface area contributed by atoms with Crippen molar-refractivity contribution in [3.05, 3.63) is 113 Å². The van der Waals surface area contributed by atoms with Gasteiger partial charge in [-0.25, -0.2) is 4.79 Å². The highest BCUT2D eigenvalue weighted by atomic mass is 16.9. The van der Waals surface area contributed by atoms with E-state index < -0.39 is 24.0 Å². The summed E-state index contributed by atoms with van der Waals surface area (Å²) in [5.41, 5.74) is 2.59. The maximum absolute atomic E-state index is 13.1. The number of carbonyl (C=O) groups excluding carboxylic acids is 2. The van der Waals surface area contributed by atoms with Crippen molar-refractivity contribution in [1.29, 1.82) is 0 Å². The molecule has 176 valence electrons. The molecule has 0 bridgehead atoms. The van der Waals surface area contributed by atoms with E-state index in [1.165, 1.54) is 0 Å². The van der Waals surface area contributed by atoms with E-state index in [-0.39, 0.29) is 23.8 Å². The molecule has 0 aliphatic carbocycles. The van der Waals surface area contributed by atoms with Gasteiger partial charge in [0, 0.05) is 17.1 Å². The number of ether oxygens (including phenoxy) is 2. The van der Waals surface area contributed by atoms with E-state index in [4.69, 9.17) is 14.3 Å². The molecule has 3 aromatic carbocycles. The highest BCUT2D eigenvalue weighted by Gasteiger charge is 2.51. The number of para-hydroxylation sites is 1. The van der Waals surface area contributed by atoms with E-state index in [2.05, 4.69) is 4.98 Å². The maximum Gasteiger partial charge on any atom is 0.406 e. The summed E-state index contributed by atoms with van der Waals surface area (Å²) in [7, 11) is 0. The highest BCUT2D eigenvalue weighted by Crippen LogP contribution is 2.35. The summed E-state index contributed by atoms with van der Waals surface area (Å²) in [6.45, 7) is -0.0203. The fraction of sp³-hybridized carbons (Fsp3) is 0.148. The summed E-state index contributed by atoms with van der Waals surface area (Å²) in [5, 5.41) is 13.6. The molecular formula is C27H22N2O6. The van der Waals surface area contributed by atoms with E-state index in [0.29, 0.717) is 5.56 Å². The minimum atomic E-state index is -1.35. The molecule has 8 nitrogen and oxygen atoms in total. The van der Waals surface area contributed by atoms with Crippen LogP contribution in [0.1, 0.15) is 22.6 Å². The van der Waals surface area contributed by atoms with Gasteiger partial charge in [-0.1, -0.05) is 78.9 Å². The van der Waals surface area contributed by atoms with Gasteiger partial charge in [-0.05, 0) is 22.8 Å². The number of H-pyrrole nitrogens is 1. The van der Waals surface area contributed by atoms with Gasteiger partial charge in [0.15, 0.2) is 6.10 Å². The number of aromatic amines is 1. The lowest BCUT2D eigenvalue weighted by Crippen LogP contribution is -2.34. The number of benzene rings is 3. The molecule has 1 aliphatic heterocycles. The molecule has 2 atom stereocenters. The van der Waals surface area contributed by atoms with Gasteiger partial charge in [0.1, 0.15) is 19.1 Å². The van der Waals surface area contributed by atoms with Gasteiger partial charge in [-0.3, -0.25) is 10.0 Å². The van der Waals surface area contributed by atoms with Crippen LogP contribution in [0.2, 0.25) is 0 Å². The van der Waals surface area contributed by atoms with E-state index in [1.54, 1.807) is 18.3 Å². The second-order valence-corrected chi connectivity index (χ2v) is 8.09. The Bertz CT molecular complexity index is 1380. The number of aromatic nitrogens is 1. The molecule has 0 saturated heterocycles. The first-order valence-electron chi connectivity index (χ1n) is 11.1. The average molecular weight is 470 g/mol. The number of fused-ring (bicyclic) bond motifs is 1. The minimum Gasteiger partial charge on any atom is -0.460 e. The monoisotopic (exact) mass is 470 g/mol. The van der Waals surface area contributed by atoms with Crippen LogP contribution in [0.5, 0.6) is 0 Å². The van der Waals surface area contributed by atoms with Gasteiger partial charge in [0.2, 0.25) is 0 Å². The molecular weight excluding hydrogens is 448 g/mol. The third-order valence-electron chi connectivity index (χ3n) is 5.84. The zero-order valence-corrected chi connectivity index (χ0v) is 18.6. The van der Waals surface area contributed by atoms with Crippen LogP contribution in [-0.4, -0.2) is 33.6 Å². The number of nitrogens with zero attached hydrogens (tertiary/aromatic N) is 1. The average Bonchev–Trinajstić information content (AvgIpc) is 3.47. The van der Waals surface area contributed by atoms with Crippen molar-refractivity contribution in [3.8, 4) is 0 Å². The third kappa shape index (κ3) is 4.59. The van der Waals surface area contributed by atoms with E-state index in [9.17, 15) is 14.8 Å². The smallest absolute Gasteiger partial charge is 0.406 e. The van der Waals surface area contributed by atoms with Gasteiger partial charge >= 0.3 is 17.7 Å². The van der Waals surface area contributed by atoms with Crippen LogP contribution in [0.3, 0.4) is 0 Å². The Morgan fingerprint density at radius 2 is 1.46 bits per heavy atom. The molecule has 8 heteroatoms. The van der Waals surface area contributed by atoms with Crippen LogP contribution in [-0.2, 0) is 37.1 Å². The predicted octanol–water partition coefficient (Wildman–Crippen LogP) is 4.00. The summed E-state index contributed by atoms with van der Waals surface area (Å²) < 4.78 is 10.9. The number of carbonyl (C=O) groups is 2. The first-order valence-corrected chi connectivity index (χ1v) is 11.1. The third-order valence-corrected chi connectivity index (χ3v) is 5.84. The van der Waals surface area contributed by atoms with Crippen LogP contribution < -0.4 is 0 Å². The first kappa shape index (κ1) is 22.2. The van der Waals surface area contributed by atoms with Crippen molar-refractivity contribution in [2.24, 2.45) is 0 Å². The Morgan fingerprint density at radius 3 is 2.14 bits per heavy atom. The van der Waals surface area contributed by atoms with Crippen molar-refractivity contribution < 1.29 is 28.8 Å². The molecule has 0 amide bonds. The van der Waals surface area contributed by atoms with Gasteiger partial charge in [0.05, 0.1) is 4.90 Å². The van der Waals surface area contributed by atoms with Crippen molar-refractivity contribution in [3.63, 3.8) is 0 Å². The van der Waals surface area contributed by atoms with Gasteiger partial charge in [0.25, 0.3) is 0 Å². The number of rotatable bonds is 7. The standard InChI is InChI=1S/C27H22N2O6/c30-26(33-16-18-9-3-1-4-10-18)24-23(21-15-28-22-14-8-7-13-20(21)22)25(35-29(24)32)27(31)34-17-19-11-5-2-6-12-19/h1-15,23,25,28H,16-17H2/t23-,25-/m0/s1. The van der Waals surface area contributed by atoms with Crippen molar-refractivity contribution in [2.45, 2.75) is 25.2 Å². The summed E-state index contributed by atoms with van der Waals surface area (Å²) in [5.74, 6) is -2.64. The summed E-state index contributed by atoms with van der Waals surface area (Å²) in [6.07, 6.45) is 0.314. The van der Waals surface area contributed by atoms with Crippen LogP contribution in [0.4, 0.5) is 0 Å². The molecule has 5 rings (SSSR count). The zero-order valence-electron chi connectivity index (χ0n) is 18.6. The van der Waals surface area contributed by atoms with Crippen molar-refractivity contribution in [2.75, 3.05) is 0 Å². The van der Waals surface area contributed by atoms with Crippen LogP contribution in [0.25, 0.3) is 10.9 Å². The second-order valence-electron chi connectivity index (χ2n) is 8.09. The number of nitrogens with one attached hydrogen (secondary N) is 1. The quantitative estimate of drug-likeness (QED) is 0.323. The van der Waals surface area contributed by atoms with Crippen LogP contribution in [0, 0.1) is 5.21 Å². The second kappa shape index (κ2) is 9.72. The van der Waals surface area contributed by atoms with Gasteiger partial charge in [-0.15, -0.1) is 0 Å². The molecule has 0 unspecified atom stereocenters. The Labute approximate surface area is 200 Å². The van der Waals surface area contributed by atoms with Crippen LogP contribution in [0.15, 0.2) is 91.1 Å². The number of hydrogen-bond acceptors (Lipinski definition) is 6. The molecule has 1 aliphatic rings. The summed E-state index contributed by atoms with van der Waals surface area (Å²) >= 11 is 0. The van der Waals surface area contributed by atoms with Crippen molar-refractivity contribution in [1.82, 2.24) is 4.98 Å². The Kier molecular flexibility index (Phi) is 6.17. The SMILES string of the molecule is O=C(OCc1ccccc1)C1=[N+]([O-])O[C@H](C(=O)OCc2ccccc2)[C@H]1c1c[nH]c2ccccc12. The first-order chi connectivity index (χ1) is 17.1. The highest BCUT2D eigenvalue weighted by molar-refractivity contribution is 6.37. The maximum atomic E-state index is 13.1. The van der Waals surface area contributed by atoms with Gasteiger partial charge < -0.3 is 19.3 Å². The minimum absolute atomic E-state index is 0.00673. The fourth-order valence-corrected chi connectivity index (χ4v) is 4.13. The number of esters is 2. The molecule has 1 N–H and O–H groups in total. The predicted molar refractivity (Wildman–Crippen MR) is 127 cm³/mol. The van der Waals surface area contributed by atoms with Crippen LogP contribution >= 0.6 is 0 Å². The normalized spacial score (nSPS) is 17.3. The van der Waals surface area contributed by atoms with E-state index in [1.807, 2.05) is 72.8 Å². The molecule has 2 heterocycles. The van der Waals surface area contributed by atoms with Crippen molar-refractivity contribution >= 4 is 28.6 Å². The molecule has 1 aromatic heterocycles. The largest absolute Gasteiger partial charge is 0.460 e. The lowest BCUT2D eigenvalue weighted by atomic mass is 9.89. The molecule has 4 aromatic rings. The molecule has 0 spiro atoms. The Balaban J connectivity index is 1.43. The summed E-state index contributed by atoms with van der Waals surface area (Å²) in [6, 6.07) is 25.7. The molecule has 0 fully saturated rings. The fourth-order valence-electron chi connectivity index (χ4n) is 4.13. The van der Waals surface area contributed by atoms with E-state index in [0.717, 1.165) is 22.0 Å². The lowest BCUT2D eigenvalue weighted by molar-refractivity contribution is -0.736. The Morgan fingerprint density at radius 1 is 0.857 bits per heavy atom. The summed E-state index contributed by atoms with van der Waals surface area (Å²) in [4.78, 5) is 34.7. The molecule has 0 saturated carbocycles. The van der Waals surface area contributed by atoms with E-state index >= 15 is 0 Å². The lowest BCUT2D eigenvalue weighted by Gasteiger charge is -2.17. The molecule has 35 heavy (non-hydrogen) atoms. The topological polar surface area (TPSA) is 104 Å². The zero-order chi connectivity index (χ0) is 24.2. The molecule has 0 radical (unpaired) electrons. The van der Waals surface area contributed by atoms with Gasteiger partial charge in [-0.2, -0.15) is 0 Å². The number of hydrogen-bond donors (Lipinski definition) is 1.